The molecule has 4 rings (SSSR count). The fourth-order valence-electron chi connectivity index (χ4n) is 4.10. The van der Waals surface area contributed by atoms with Crippen molar-refractivity contribution >= 4 is 17.2 Å². The number of nitrogens with zero attached hydrogens (tertiary/aromatic N) is 2. The molecule has 1 aromatic carbocycles. The summed E-state index contributed by atoms with van der Waals surface area (Å²) in [5, 5.41) is 2.94. The first kappa shape index (κ1) is 19.2. The predicted octanol–water partition coefficient (Wildman–Crippen LogP) is 3.56. The SMILES string of the molecule is COc1ccc2c(c1)[C@@]1(CCO2)C[C@@H]1C(=O)N(C)Cc1csc([C@@H](C)OC)n1. The van der Waals surface area contributed by atoms with Gasteiger partial charge in [-0.25, -0.2) is 4.98 Å². The molecule has 2 aromatic rings. The molecule has 0 unspecified atom stereocenters. The highest BCUT2D eigenvalue weighted by Gasteiger charge is 2.61. The van der Waals surface area contributed by atoms with E-state index in [2.05, 4.69) is 4.98 Å². The first-order valence-corrected chi connectivity index (χ1v) is 10.4. The van der Waals surface area contributed by atoms with Crippen molar-refractivity contribution in [3.63, 3.8) is 0 Å². The van der Waals surface area contributed by atoms with Gasteiger partial charge in [-0.15, -0.1) is 11.3 Å². The van der Waals surface area contributed by atoms with Gasteiger partial charge in [-0.3, -0.25) is 4.79 Å². The molecule has 1 aliphatic heterocycles. The molecule has 3 atom stereocenters. The Hall–Kier alpha value is -2.12. The van der Waals surface area contributed by atoms with Gasteiger partial charge < -0.3 is 19.1 Å². The third-order valence-corrected chi connectivity index (χ3v) is 7.00. The topological polar surface area (TPSA) is 60.9 Å². The summed E-state index contributed by atoms with van der Waals surface area (Å²) in [6.07, 6.45) is 1.70. The van der Waals surface area contributed by atoms with E-state index in [1.807, 2.05) is 37.6 Å². The first-order valence-electron chi connectivity index (χ1n) is 9.52. The van der Waals surface area contributed by atoms with Crippen LogP contribution in [0.5, 0.6) is 11.5 Å². The third-order valence-electron chi connectivity index (χ3n) is 5.95. The summed E-state index contributed by atoms with van der Waals surface area (Å²) in [6.45, 7) is 3.14. The Morgan fingerprint density at radius 1 is 1.46 bits per heavy atom. The number of fused-ring (bicyclic) bond motifs is 2. The Morgan fingerprint density at radius 2 is 2.29 bits per heavy atom. The van der Waals surface area contributed by atoms with Gasteiger partial charge in [-0.1, -0.05) is 0 Å². The minimum Gasteiger partial charge on any atom is -0.497 e. The molecule has 150 valence electrons. The molecule has 0 saturated heterocycles. The van der Waals surface area contributed by atoms with Gasteiger partial charge in [-0.2, -0.15) is 0 Å². The van der Waals surface area contributed by atoms with E-state index in [0.29, 0.717) is 13.2 Å². The molecule has 28 heavy (non-hydrogen) atoms. The second-order valence-electron chi connectivity index (χ2n) is 7.62. The minimum atomic E-state index is -0.120. The molecular weight excluding hydrogens is 376 g/mol. The van der Waals surface area contributed by atoms with Crippen molar-refractivity contribution in [1.82, 2.24) is 9.88 Å². The lowest BCUT2D eigenvalue weighted by Gasteiger charge is -2.28. The van der Waals surface area contributed by atoms with Crippen molar-refractivity contribution in [3.8, 4) is 11.5 Å². The minimum absolute atomic E-state index is 0.0109. The van der Waals surface area contributed by atoms with Gasteiger partial charge in [0.25, 0.3) is 0 Å². The van der Waals surface area contributed by atoms with Crippen molar-refractivity contribution < 1.29 is 19.0 Å². The number of hydrogen-bond donors (Lipinski definition) is 0. The van der Waals surface area contributed by atoms with Crippen LogP contribution in [0.4, 0.5) is 0 Å². The molecule has 0 N–H and O–H groups in total. The zero-order chi connectivity index (χ0) is 19.9. The molecule has 1 fully saturated rings. The van der Waals surface area contributed by atoms with Crippen LogP contribution in [-0.2, 0) is 21.5 Å². The van der Waals surface area contributed by atoms with Crippen molar-refractivity contribution in [3.05, 3.63) is 39.8 Å². The lowest BCUT2D eigenvalue weighted by atomic mass is 9.87. The van der Waals surface area contributed by atoms with E-state index in [-0.39, 0.29) is 23.3 Å². The van der Waals surface area contributed by atoms with Crippen LogP contribution in [-0.4, -0.2) is 43.7 Å². The number of carbonyl (C=O) groups is 1. The number of ether oxygens (including phenoxy) is 3. The van der Waals surface area contributed by atoms with Crippen LogP contribution in [0.25, 0.3) is 0 Å². The van der Waals surface area contributed by atoms with Crippen molar-refractivity contribution in [2.24, 2.45) is 5.92 Å². The summed E-state index contributed by atoms with van der Waals surface area (Å²) in [5.41, 5.74) is 1.89. The molecule has 2 heterocycles. The lowest BCUT2D eigenvalue weighted by Crippen LogP contribution is -2.32. The van der Waals surface area contributed by atoms with Crippen LogP contribution < -0.4 is 9.47 Å². The highest BCUT2D eigenvalue weighted by Crippen LogP contribution is 2.61. The fourth-order valence-corrected chi connectivity index (χ4v) is 4.94. The molecule has 1 aromatic heterocycles. The van der Waals surface area contributed by atoms with E-state index in [1.54, 1.807) is 30.5 Å². The Balaban J connectivity index is 1.48. The van der Waals surface area contributed by atoms with E-state index in [1.165, 1.54) is 0 Å². The van der Waals surface area contributed by atoms with Crippen LogP contribution in [0.1, 0.15) is 42.1 Å². The third kappa shape index (κ3) is 3.26. The number of rotatable bonds is 6. The maximum Gasteiger partial charge on any atom is 0.226 e. The molecule has 6 nitrogen and oxygen atoms in total. The summed E-state index contributed by atoms with van der Waals surface area (Å²) in [4.78, 5) is 19.6. The zero-order valence-electron chi connectivity index (χ0n) is 16.7. The van der Waals surface area contributed by atoms with Gasteiger partial charge in [-0.05, 0) is 38.0 Å². The van der Waals surface area contributed by atoms with Crippen LogP contribution >= 0.6 is 11.3 Å². The van der Waals surface area contributed by atoms with E-state index < -0.39 is 0 Å². The number of hydrogen-bond acceptors (Lipinski definition) is 6. The first-order chi connectivity index (χ1) is 13.5. The van der Waals surface area contributed by atoms with Gasteiger partial charge in [0, 0.05) is 36.4 Å². The maximum absolute atomic E-state index is 13.1. The summed E-state index contributed by atoms with van der Waals surface area (Å²) in [7, 11) is 5.20. The second kappa shape index (κ2) is 7.37. The van der Waals surface area contributed by atoms with Crippen molar-refractivity contribution in [2.75, 3.05) is 27.9 Å². The summed E-state index contributed by atoms with van der Waals surface area (Å²) >= 11 is 1.57. The van der Waals surface area contributed by atoms with Crippen molar-refractivity contribution in [1.29, 1.82) is 0 Å². The van der Waals surface area contributed by atoms with E-state index in [9.17, 15) is 4.79 Å². The summed E-state index contributed by atoms with van der Waals surface area (Å²) in [5.74, 6) is 1.84. The number of methoxy groups -OCH3 is 2. The number of carbonyl (C=O) groups excluding carboxylic acids is 1. The quantitative estimate of drug-likeness (QED) is 0.739. The zero-order valence-corrected chi connectivity index (χ0v) is 17.5. The molecule has 1 amide bonds. The van der Waals surface area contributed by atoms with Gasteiger partial charge in [0.15, 0.2) is 0 Å². The van der Waals surface area contributed by atoms with Crippen LogP contribution in [0.2, 0.25) is 0 Å². The van der Waals surface area contributed by atoms with Gasteiger partial charge in [0.1, 0.15) is 22.6 Å². The van der Waals surface area contributed by atoms with Crippen molar-refractivity contribution in [2.45, 2.75) is 37.8 Å². The smallest absolute Gasteiger partial charge is 0.226 e. The van der Waals surface area contributed by atoms with Crippen LogP contribution in [0.15, 0.2) is 23.6 Å². The summed E-state index contributed by atoms with van der Waals surface area (Å²) in [6, 6.07) is 5.89. The lowest BCUT2D eigenvalue weighted by molar-refractivity contribution is -0.132. The average molecular weight is 403 g/mol. The van der Waals surface area contributed by atoms with Crippen LogP contribution in [0.3, 0.4) is 0 Å². The second-order valence-corrected chi connectivity index (χ2v) is 8.51. The monoisotopic (exact) mass is 402 g/mol. The Kier molecular flexibility index (Phi) is 5.05. The molecule has 1 aliphatic carbocycles. The average Bonchev–Trinajstić information content (AvgIpc) is 3.23. The van der Waals surface area contributed by atoms with Gasteiger partial charge >= 0.3 is 0 Å². The Bertz CT molecular complexity index is 883. The van der Waals surface area contributed by atoms with Gasteiger partial charge in [0.05, 0.1) is 26.0 Å². The normalized spacial score (nSPS) is 23.6. The molecule has 0 radical (unpaired) electrons. The molecule has 1 saturated carbocycles. The molecule has 1 spiro atoms. The highest BCUT2D eigenvalue weighted by atomic mass is 32.1. The van der Waals surface area contributed by atoms with Gasteiger partial charge in [0.2, 0.25) is 5.91 Å². The summed E-state index contributed by atoms with van der Waals surface area (Å²) < 4.78 is 16.5. The number of amides is 1. The number of benzene rings is 1. The molecule has 2 aliphatic rings. The van der Waals surface area contributed by atoms with Crippen LogP contribution in [0, 0.1) is 5.92 Å². The standard InChI is InChI=1S/C21H26N2O4S/c1-13(25-3)19-22-14(12-28-19)11-23(2)20(24)17-10-21(17)7-8-27-18-6-5-15(26-4)9-16(18)21/h5-6,9,12-13,17H,7-8,10-11H2,1-4H3/t13-,17-,21-/m1/s1. The molecule has 7 heteroatoms. The van der Waals surface area contributed by atoms with E-state index >= 15 is 0 Å². The highest BCUT2D eigenvalue weighted by molar-refractivity contribution is 7.09. The Labute approximate surface area is 169 Å². The molecular formula is C21H26N2O4S. The Morgan fingerprint density at radius 3 is 3.04 bits per heavy atom. The van der Waals surface area contributed by atoms with E-state index in [0.717, 1.165) is 40.6 Å². The number of aromatic nitrogens is 1. The van der Waals surface area contributed by atoms with E-state index in [4.69, 9.17) is 14.2 Å². The maximum atomic E-state index is 13.1. The largest absolute Gasteiger partial charge is 0.497 e. The fraction of sp³-hybridized carbons (Fsp3) is 0.524. The number of thiazole rings is 1. The predicted molar refractivity (Wildman–Crippen MR) is 107 cm³/mol. The molecule has 0 bridgehead atoms.